The number of nitrogens with one attached hydrogen (secondary N) is 1. The van der Waals surface area contributed by atoms with E-state index in [2.05, 4.69) is 77.8 Å². The van der Waals surface area contributed by atoms with Crippen molar-refractivity contribution in [3.8, 4) is 11.3 Å². The molecule has 3 heteroatoms. The molecule has 0 saturated carbocycles. The van der Waals surface area contributed by atoms with Crippen molar-refractivity contribution in [3.63, 3.8) is 0 Å². The molecule has 0 spiro atoms. The maximum atomic E-state index is 4.98. The van der Waals surface area contributed by atoms with E-state index < -0.39 is 0 Å². The van der Waals surface area contributed by atoms with E-state index in [9.17, 15) is 0 Å². The van der Waals surface area contributed by atoms with E-state index >= 15 is 0 Å². The van der Waals surface area contributed by atoms with E-state index in [0.29, 0.717) is 0 Å². The lowest BCUT2D eigenvalue weighted by molar-refractivity contribution is 1.40. The number of H-pyrrole nitrogens is 1. The minimum Gasteiger partial charge on any atom is -0.353 e. The molecule has 0 atom stereocenters. The van der Waals surface area contributed by atoms with Crippen LogP contribution < -0.4 is 0 Å². The summed E-state index contributed by atoms with van der Waals surface area (Å²) < 4.78 is 2.64. The zero-order chi connectivity index (χ0) is 17.1. The highest BCUT2D eigenvalue weighted by Gasteiger charge is 2.13. The van der Waals surface area contributed by atoms with E-state index in [-0.39, 0.29) is 0 Å². The zero-order valence-electron chi connectivity index (χ0n) is 13.9. The van der Waals surface area contributed by atoms with Gasteiger partial charge in [0.05, 0.1) is 22.2 Å². The van der Waals surface area contributed by atoms with E-state index in [1.165, 1.54) is 31.1 Å². The van der Waals surface area contributed by atoms with Crippen LogP contribution in [0.3, 0.4) is 0 Å². The molecule has 122 valence electrons. The van der Waals surface area contributed by atoms with Crippen molar-refractivity contribution in [2.75, 3.05) is 0 Å². The first-order chi connectivity index (χ1) is 12.9. The smallest absolute Gasteiger partial charge is 0.0965 e. The average molecular weight is 350 g/mol. The number of pyridine rings is 1. The molecule has 3 heterocycles. The summed E-state index contributed by atoms with van der Waals surface area (Å²) >= 11 is 1.85. The van der Waals surface area contributed by atoms with Crippen LogP contribution in [0.1, 0.15) is 0 Å². The van der Waals surface area contributed by atoms with Crippen LogP contribution in [-0.4, -0.2) is 9.97 Å². The van der Waals surface area contributed by atoms with E-state index in [1.807, 2.05) is 17.4 Å². The SMILES string of the molecule is c1ccc(-c2ccc3[nH]c4c(ccc5sc6ccccc6c54)c3n2)cc1. The molecule has 0 saturated heterocycles. The van der Waals surface area contributed by atoms with Crippen molar-refractivity contribution >= 4 is 53.4 Å². The summed E-state index contributed by atoms with van der Waals surface area (Å²) in [5, 5.41) is 3.81. The summed E-state index contributed by atoms with van der Waals surface area (Å²) in [7, 11) is 0. The number of aromatic nitrogens is 2. The average Bonchev–Trinajstić information content (AvgIpc) is 3.26. The highest BCUT2D eigenvalue weighted by atomic mass is 32.1. The number of hydrogen-bond donors (Lipinski definition) is 1. The number of rotatable bonds is 1. The van der Waals surface area contributed by atoms with Crippen molar-refractivity contribution in [2.24, 2.45) is 0 Å². The predicted octanol–water partition coefficient (Wildman–Crippen LogP) is 6.75. The number of aromatic amines is 1. The fourth-order valence-corrected chi connectivity index (χ4v) is 4.93. The summed E-state index contributed by atoms with van der Waals surface area (Å²) in [6.07, 6.45) is 0. The van der Waals surface area contributed by atoms with Crippen molar-refractivity contribution in [1.82, 2.24) is 9.97 Å². The molecule has 1 N–H and O–H groups in total. The fraction of sp³-hybridized carbons (Fsp3) is 0. The number of benzene rings is 3. The molecule has 6 aromatic rings. The summed E-state index contributed by atoms with van der Waals surface area (Å²) in [4.78, 5) is 8.60. The van der Waals surface area contributed by atoms with Crippen LogP contribution in [-0.2, 0) is 0 Å². The van der Waals surface area contributed by atoms with Crippen LogP contribution in [0.25, 0.3) is 53.4 Å². The van der Waals surface area contributed by atoms with Crippen LogP contribution in [0.5, 0.6) is 0 Å². The van der Waals surface area contributed by atoms with Gasteiger partial charge < -0.3 is 4.98 Å². The van der Waals surface area contributed by atoms with Crippen LogP contribution >= 0.6 is 11.3 Å². The monoisotopic (exact) mass is 350 g/mol. The molecule has 2 nitrogen and oxygen atoms in total. The number of fused-ring (bicyclic) bond motifs is 7. The Kier molecular flexibility index (Phi) is 2.79. The lowest BCUT2D eigenvalue weighted by atomic mass is 10.1. The number of thiophene rings is 1. The minimum atomic E-state index is 1.01. The Labute approximate surface area is 153 Å². The zero-order valence-corrected chi connectivity index (χ0v) is 14.7. The van der Waals surface area contributed by atoms with Gasteiger partial charge >= 0.3 is 0 Å². The molecule has 0 fully saturated rings. The maximum Gasteiger partial charge on any atom is 0.0965 e. The first-order valence-electron chi connectivity index (χ1n) is 8.66. The molecule has 3 aromatic carbocycles. The Morgan fingerprint density at radius 2 is 1.54 bits per heavy atom. The van der Waals surface area contributed by atoms with Crippen molar-refractivity contribution in [1.29, 1.82) is 0 Å². The second-order valence-corrected chi connectivity index (χ2v) is 7.63. The van der Waals surface area contributed by atoms with Crippen LogP contribution in [0, 0.1) is 0 Å². The molecule has 0 aliphatic rings. The van der Waals surface area contributed by atoms with E-state index in [1.54, 1.807) is 0 Å². The summed E-state index contributed by atoms with van der Waals surface area (Å²) in [5.74, 6) is 0. The Balaban J connectivity index is 1.73. The van der Waals surface area contributed by atoms with Gasteiger partial charge in [0.25, 0.3) is 0 Å². The Bertz CT molecular complexity index is 1420. The van der Waals surface area contributed by atoms with Crippen molar-refractivity contribution in [3.05, 3.63) is 78.9 Å². The van der Waals surface area contributed by atoms with Gasteiger partial charge in [-0.15, -0.1) is 11.3 Å². The summed E-state index contributed by atoms with van der Waals surface area (Å²) in [5.41, 5.74) is 5.47. The van der Waals surface area contributed by atoms with Gasteiger partial charge in [0, 0.05) is 31.1 Å². The van der Waals surface area contributed by atoms with Crippen molar-refractivity contribution in [2.45, 2.75) is 0 Å². The summed E-state index contributed by atoms with van der Waals surface area (Å²) in [6, 6.07) is 27.6. The third kappa shape index (κ3) is 1.89. The molecule has 3 aromatic heterocycles. The minimum absolute atomic E-state index is 1.01. The molecule has 26 heavy (non-hydrogen) atoms. The van der Waals surface area contributed by atoms with Crippen molar-refractivity contribution < 1.29 is 0 Å². The highest BCUT2D eigenvalue weighted by molar-refractivity contribution is 7.26. The fourth-order valence-electron chi connectivity index (χ4n) is 3.81. The van der Waals surface area contributed by atoms with Crippen LogP contribution in [0.2, 0.25) is 0 Å². The molecule has 6 rings (SSSR count). The van der Waals surface area contributed by atoms with Gasteiger partial charge in [0.15, 0.2) is 0 Å². The normalized spacial score (nSPS) is 11.8. The molecule has 0 bridgehead atoms. The largest absolute Gasteiger partial charge is 0.353 e. The second-order valence-electron chi connectivity index (χ2n) is 6.54. The maximum absolute atomic E-state index is 4.98. The first-order valence-corrected chi connectivity index (χ1v) is 9.48. The predicted molar refractivity (Wildman–Crippen MR) is 112 cm³/mol. The first kappa shape index (κ1) is 14.0. The third-order valence-electron chi connectivity index (χ3n) is 5.02. The highest BCUT2D eigenvalue weighted by Crippen LogP contribution is 2.40. The van der Waals surface area contributed by atoms with Gasteiger partial charge in [-0.1, -0.05) is 48.5 Å². The molecule has 0 aliphatic carbocycles. The summed E-state index contributed by atoms with van der Waals surface area (Å²) in [6.45, 7) is 0. The van der Waals surface area contributed by atoms with Gasteiger partial charge in [-0.3, -0.25) is 0 Å². The molecular formula is C23H14N2S. The van der Waals surface area contributed by atoms with E-state index in [4.69, 9.17) is 4.98 Å². The van der Waals surface area contributed by atoms with Gasteiger partial charge in [-0.2, -0.15) is 0 Å². The second kappa shape index (κ2) is 5.16. The Hall–Kier alpha value is -3.17. The van der Waals surface area contributed by atoms with Crippen LogP contribution in [0.4, 0.5) is 0 Å². The number of nitrogens with zero attached hydrogens (tertiary/aromatic N) is 1. The van der Waals surface area contributed by atoms with E-state index in [0.717, 1.165) is 22.3 Å². The Morgan fingerprint density at radius 3 is 2.46 bits per heavy atom. The molecular weight excluding hydrogens is 336 g/mol. The van der Waals surface area contributed by atoms with Gasteiger partial charge in [0.2, 0.25) is 0 Å². The third-order valence-corrected chi connectivity index (χ3v) is 6.16. The van der Waals surface area contributed by atoms with Gasteiger partial charge in [0.1, 0.15) is 0 Å². The molecule has 0 aliphatic heterocycles. The molecule has 0 unspecified atom stereocenters. The lowest BCUT2D eigenvalue weighted by Crippen LogP contribution is -1.83. The Morgan fingerprint density at radius 1 is 0.692 bits per heavy atom. The quantitative estimate of drug-likeness (QED) is 0.349. The molecule has 0 amide bonds. The topological polar surface area (TPSA) is 28.7 Å². The van der Waals surface area contributed by atoms with Gasteiger partial charge in [-0.25, -0.2) is 4.98 Å². The molecule has 0 radical (unpaired) electrons. The standard InChI is InChI=1S/C23H14N2S/c1-2-6-14(7-3-1)17-11-12-18-22(24-17)16-10-13-20-21(23(16)25-18)15-8-4-5-9-19(15)26-20/h1-13,25H. The van der Waals surface area contributed by atoms with Gasteiger partial charge in [-0.05, 0) is 30.3 Å². The lowest BCUT2D eigenvalue weighted by Gasteiger charge is -2.00. The van der Waals surface area contributed by atoms with Crippen LogP contribution in [0.15, 0.2) is 78.9 Å². The number of hydrogen-bond acceptors (Lipinski definition) is 2.